The highest BCUT2D eigenvalue weighted by molar-refractivity contribution is 5.99. The van der Waals surface area contributed by atoms with Gasteiger partial charge in [0.1, 0.15) is 11.6 Å². The van der Waals surface area contributed by atoms with Gasteiger partial charge in [0, 0.05) is 30.3 Å². The van der Waals surface area contributed by atoms with Crippen LogP contribution in [0.15, 0.2) is 72.8 Å². The molecule has 2 N–H and O–H groups in total. The molecule has 0 bridgehead atoms. The zero-order valence-electron chi connectivity index (χ0n) is 19.9. The van der Waals surface area contributed by atoms with E-state index in [-0.39, 0.29) is 11.8 Å². The quantitative estimate of drug-likeness (QED) is 0.605. The van der Waals surface area contributed by atoms with Gasteiger partial charge < -0.3 is 15.4 Å². The lowest BCUT2D eigenvalue weighted by molar-refractivity contribution is -0.140. The molecule has 0 saturated carbocycles. The van der Waals surface area contributed by atoms with E-state index in [1.807, 2.05) is 60.7 Å². The Balaban J connectivity index is 1.27. The second-order valence-electron chi connectivity index (χ2n) is 9.51. The molecule has 178 valence electrons. The molecule has 1 aliphatic carbocycles. The Bertz CT molecular complexity index is 1270. The zero-order chi connectivity index (χ0) is 24.7. The van der Waals surface area contributed by atoms with Gasteiger partial charge in [-0.05, 0) is 42.7 Å². The van der Waals surface area contributed by atoms with Crippen molar-refractivity contribution in [3.63, 3.8) is 0 Å². The van der Waals surface area contributed by atoms with E-state index in [9.17, 15) is 14.4 Å². The largest absolute Gasteiger partial charge is 0.436 e. The maximum Gasteiger partial charge on any atom is 0.414 e. The molecule has 35 heavy (non-hydrogen) atoms. The van der Waals surface area contributed by atoms with Crippen molar-refractivity contribution in [3.8, 4) is 11.1 Å². The van der Waals surface area contributed by atoms with E-state index in [4.69, 9.17) is 4.74 Å². The van der Waals surface area contributed by atoms with E-state index >= 15 is 0 Å². The average Bonchev–Trinajstić information content (AvgIpc) is 3.16. The van der Waals surface area contributed by atoms with Gasteiger partial charge in [0.2, 0.25) is 11.8 Å². The number of fused-ring (bicyclic) bond motifs is 3. The van der Waals surface area contributed by atoms with Gasteiger partial charge in [0.05, 0.1) is 0 Å². The molecule has 1 heterocycles. The number of ether oxygens (including phenoxy) is 1. The minimum absolute atomic E-state index is 0.212. The third kappa shape index (κ3) is 4.14. The van der Waals surface area contributed by atoms with E-state index in [1.165, 1.54) is 4.90 Å². The lowest BCUT2D eigenvalue weighted by atomic mass is 9.96. The third-order valence-corrected chi connectivity index (χ3v) is 6.66. The van der Waals surface area contributed by atoms with Gasteiger partial charge in [-0.1, -0.05) is 60.7 Å². The molecule has 1 aliphatic heterocycles. The fourth-order valence-corrected chi connectivity index (χ4v) is 4.61. The van der Waals surface area contributed by atoms with Gasteiger partial charge in [-0.2, -0.15) is 0 Å². The molecule has 7 heteroatoms. The van der Waals surface area contributed by atoms with E-state index in [0.717, 1.165) is 27.8 Å². The summed E-state index contributed by atoms with van der Waals surface area (Å²) in [6, 6.07) is 22.6. The van der Waals surface area contributed by atoms with E-state index in [2.05, 4.69) is 10.6 Å². The average molecular weight is 470 g/mol. The Hall–Kier alpha value is -4.13. The Morgan fingerprint density at radius 1 is 0.914 bits per heavy atom. The normalized spacial score (nSPS) is 18.2. The fourth-order valence-electron chi connectivity index (χ4n) is 4.61. The van der Waals surface area contributed by atoms with Gasteiger partial charge >= 0.3 is 6.09 Å². The Labute approximate surface area is 204 Å². The molecule has 5 rings (SSSR count). The fraction of sp³-hybridized carbons (Fsp3) is 0.250. The highest BCUT2D eigenvalue weighted by Crippen LogP contribution is 2.45. The van der Waals surface area contributed by atoms with E-state index < -0.39 is 23.8 Å². The Kier molecular flexibility index (Phi) is 5.55. The summed E-state index contributed by atoms with van der Waals surface area (Å²) >= 11 is 0. The maximum atomic E-state index is 13.1. The van der Waals surface area contributed by atoms with Crippen molar-refractivity contribution in [1.29, 1.82) is 0 Å². The van der Waals surface area contributed by atoms with Crippen molar-refractivity contribution in [1.82, 2.24) is 10.6 Å². The van der Waals surface area contributed by atoms with Gasteiger partial charge in [-0.15, -0.1) is 0 Å². The van der Waals surface area contributed by atoms with E-state index in [0.29, 0.717) is 12.1 Å². The number of rotatable bonds is 4. The van der Waals surface area contributed by atoms with Crippen LogP contribution < -0.4 is 15.5 Å². The SMILES string of the molecule is CN(C(=O)OC1c2ccccc2-c2ccccc21)c1ccc(C[C@@H]2NC(=O)C(C)(C)NC2=O)cc1. The molecule has 1 atom stereocenters. The van der Waals surface area contributed by atoms with Crippen LogP contribution in [0.1, 0.15) is 36.6 Å². The minimum Gasteiger partial charge on any atom is -0.436 e. The molecule has 3 aromatic rings. The van der Waals surface area contributed by atoms with Crippen molar-refractivity contribution >= 4 is 23.6 Å². The topological polar surface area (TPSA) is 87.7 Å². The number of hydrogen-bond donors (Lipinski definition) is 2. The summed E-state index contributed by atoms with van der Waals surface area (Å²) in [5.74, 6) is -0.423. The van der Waals surface area contributed by atoms with Gasteiger partial charge in [-0.25, -0.2) is 4.79 Å². The van der Waals surface area contributed by atoms with Crippen LogP contribution in [-0.4, -0.2) is 36.5 Å². The number of carbonyl (C=O) groups is 3. The lowest BCUT2D eigenvalue weighted by Gasteiger charge is -2.34. The van der Waals surface area contributed by atoms with Crippen molar-refractivity contribution in [2.24, 2.45) is 0 Å². The number of amides is 3. The minimum atomic E-state index is -0.916. The van der Waals surface area contributed by atoms with Crippen molar-refractivity contribution in [3.05, 3.63) is 89.5 Å². The van der Waals surface area contributed by atoms with Crippen molar-refractivity contribution in [2.75, 3.05) is 11.9 Å². The van der Waals surface area contributed by atoms with Gasteiger partial charge in [-0.3, -0.25) is 14.5 Å². The molecule has 0 aromatic heterocycles. The highest BCUT2D eigenvalue weighted by atomic mass is 16.6. The highest BCUT2D eigenvalue weighted by Gasteiger charge is 2.39. The molecule has 1 saturated heterocycles. The standard InChI is InChI=1S/C28H27N3O4/c1-28(2)26(33)29-23(25(32)30-28)16-17-12-14-18(15-13-17)31(3)27(34)35-24-21-10-6-4-8-19(21)20-9-5-7-11-22(20)24/h4-15,23-24H,16H2,1-3H3,(H,29,33)(H,30,32)/t23-/m0/s1. The predicted octanol–water partition coefficient (Wildman–Crippen LogP) is 3.97. The Morgan fingerprint density at radius 3 is 2.09 bits per heavy atom. The molecule has 0 unspecified atom stereocenters. The van der Waals surface area contributed by atoms with Crippen LogP contribution in [0.4, 0.5) is 10.5 Å². The van der Waals surface area contributed by atoms with Crippen LogP contribution in [0.3, 0.4) is 0 Å². The predicted molar refractivity (Wildman–Crippen MR) is 133 cm³/mol. The number of benzene rings is 3. The molecule has 3 aromatic carbocycles. The van der Waals surface area contributed by atoms with Crippen LogP contribution in [0.2, 0.25) is 0 Å². The first kappa shape index (κ1) is 22.7. The van der Waals surface area contributed by atoms with Crippen molar-refractivity contribution < 1.29 is 19.1 Å². The summed E-state index contributed by atoms with van der Waals surface area (Å²) < 4.78 is 5.96. The van der Waals surface area contributed by atoms with Crippen LogP contribution in [0, 0.1) is 0 Å². The summed E-state index contributed by atoms with van der Waals surface area (Å²) in [5.41, 5.74) is 4.72. The van der Waals surface area contributed by atoms with E-state index in [1.54, 1.807) is 33.0 Å². The number of anilines is 1. The summed E-state index contributed by atoms with van der Waals surface area (Å²) in [5, 5.41) is 5.53. The molecule has 3 amide bonds. The molecule has 1 fully saturated rings. The maximum absolute atomic E-state index is 13.1. The third-order valence-electron chi connectivity index (χ3n) is 6.66. The smallest absolute Gasteiger partial charge is 0.414 e. The van der Waals surface area contributed by atoms with Gasteiger partial charge in [0.15, 0.2) is 6.10 Å². The second kappa shape index (κ2) is 8.58. The number of carbonyl (C=O) groups excluding carboxylic acids is 3. The van der Waals surface area contributed by atoms with Gasteiger partial charge in [0.25, 0.3) is 0 Å². The second-order valence-corrected chi connectivity index (χ2v) is 9.51. The lowest BCUT2D eigenvalue weighted by Crippen LogP contribution is -2.67. The Morgan fingerprint density at radius 2 is 1.49 bits per heavy atom. The summed E-state index contributed by atoms with van der Waals surface area (Å²) in [6.07, 6.45) is -0.567. The summed E-state index contributed by atoms with van der Waals surface area (Å²) in [4.78, 5) is 39.1. The van der Waals surface area contributed by atoms with Crippen LogP contribution in [-0.2, 0) is 20.7 Å². The zero-order valence-corrected chi connectivity index (χ0v) is 19.9. The molecular formula is C28H27N3O4. The van der Waals surface area contributed by atoms with Crippen molar-refractivity contribution in [2.45, 2.75) is 38.0 Å². The molecular weight excluding hydrogens is 442 g/mol. The number of hydrogen-bond acceptors (Lipinski definition) is 4. The first-order chi connectivity index (χ1) is 16.7. The van der Waals surface area contributed by atoms with Crippen LogP contribution in [0.5, 0.6) is 0 Å². The number of nitrogens with one attached hydrogen (secondary N) is 2. The summed E-state index contributed by atoms with van der Waals surface area (Å²) in [7, 11) is 1.67. The first-order valence-corrected chi connectivity index (χ1v) is 11.6. The monoisotopic (exact) mass is 469 g/mol. The summed E-state index contributed by atoms with van der Waals surface area (Å²) in [6.45, 7) is 3.34. The van der Waals surface area contributed by atoms with Crippen LogP contribution >= 0.6 is 0 Å². The van der Waals surface area contributed by atoms with Crippen LogP contribution in [0.25, 0.3) is 11.1 Å². The molecule has 7 nitrogen and oxygen atoms in total. The number of nitrogens with zero attached hydrogens (tertiary/aromatic N) is 1. The molecule has 2 aliphatic rings. The first-order valence-electron chi connectivity index (χ1n) is 11.6. The molecule has 0 spiro atoms. The number of piperazine rings is 1. The molecule has 0 radical (unpaired) electrons.